The van der Waals surface area contributed by atoms with Crippen LogP contribution in [0, 0.1) is 11.8 Å². The Morgan fingerprint density at radius 1 is 1.26 bits per heavy atom. The molecule has 0 unspecified atom stereocenters. The number of nitrogens with zero attached hydrogens (tertiary/aromatic N) is 5. The van der Waals surface area contributed by atoms with Crippen molar-refractivity contribution >= 4 is 22.9 Å². The first-order valence-electron chi connectivity index (χ1n) is 11.9. The molecular weight excluding hydrogens is 438 g/mol. The first kappa shape index (κ1) is 22.8. The van der Waals surface area contributed by atoms with Crippen LogP contribution in [0.2, 0.25) is 0 Å². The van der Waals surface area contributed by atoms with Crippen LogP contribution in [0.4, 0.5) is 20.4 Å². The van der Waals surface area contributed by atoms with Crippen molar-refractivity contribution in [2.24, 2.45) is 16.8 Å². The zero-order valence-corrected chi connectivity index (χ0v) is 19.7. The van der Waals surface area contributed by atoms with E-state index in [9.17, 15) is 13.9 Å². The average Bonchev–Trinajstić information content (AvgIpc) is 3.20. The summed E-state index contributed by atoms with van der Waals surface area (Å²) in [7, 11) is 0. The third-order valence-corrected chi connectivity index (χ3v) is 7.37. The summed E-state index contributed by atoms with van der Waals surface area (Å²) in [5, 5.41) is 18.1. The SMILES string of the molecule is CCC1(O)CC(Nc2ncc3c(-c4ccc5c(n4)C[C@H]([C@H](C)CC(F)F)C(C)=N5)ccn3n2)C1. The molecule has 2 N–H and O–H groups in total. The van der Waals surface area contributed by atoms with Gasteiger partial charge in [0.05, 0.1) is 34.4 Å². The highest BCUT2D eigenvalue weighted by molar-refractivity contribution is 5.89. The molecule has 0 aromatic carbocycles. The number of halogens is 2. The number of alkyl halides is 2. The number of hydrogen-bond donors (Lipinski definition) is 2. The molecule has 0 radical (unpaired) electrons. The van der Waals surface area contributed by atoms with Gasteiger partial charge in [-0.2, -0.15) is 0 Å². The molecule has 34 heavy (non-hydrogen) atoms. The number of aliphatic hydroxyl groups is 1. The molecule has 4 heterocycles. The second-order valence-electron chi connectivity index (χ2n) is 9.80. The number of aliphatic imine (C=N–C) groups is 1. The zero-order valence-electron chi connectivity index (χ0n) is 19.7. The maximum Gasteiger partial charge on any atom is 0.241 e. The maximum atomic E-state index is 12.9. The summed E-state index contributed by atoms with van der Waals surface area (Å²) in [4.78, 5) is 14.0. The van der Waals surface area contributed by atoms with E-state index in [-0.39, 0.29) is 24.3 Å². The summed E-state index contributed by atoms with van der Waals surface area (Å²) in [6.45, 7) is 5.77. The normalized spacial score (nSPS) is 25.1. The molecule has 0 saturated heterocycles. The fraction of sp³-hybridized carbons (Fsp3) is 0.520. The van der Waals surface area contributed by atoms with Crippen molar-refractivity contribution in [2.45, 2.75) is 70.9 Å². The molecule has 5 rings (SSSR count). The highest BCUT2D eigenvalue weighted by Gasteiger charge is 2.41. The van der Waals surface area contributed by atoms with Crippen LogP contribution in [-0.4, -0.2) is 48.5 Å². The lowest BCUT2D eigenvalue weighted by Crippen LogP contribution is -2.50. The molecule has 180 valence electrons. The first-order chi connectivity index (χ1) is 16.2. The third kappa shape index (κ3) is 4.29. The Bertz CT molecular complexity index is 1230. The second-order valence-corrected chi connectivity index (χ2v) is 9.80. The van der Waals surface area contributed by atoms with Crippen LogP contribution in [0.3, 0.4) is 0 Å². The summed E-state index contributed by atoms with van der Waals surface area (Å²) in [6, 6.07) is 6.00. The van der Waals surface area contributed by atoms with E-state index in [4.69, 9.17) is 4.98 Å². The second kappa shape index (κ2) is 8.69. The molecule has 7 nitrogen and oxygen atoms in total. The van der Waals surface area contributed by atoms with Gasteiger partial charge < -0.3 is 10.4 Å². The summed E-state index contributed by atoms with van der Waals surface area (Å²) >= 11 is 0. The van der Waals surface area contributed by atoms with Crippen molar-refractivity contribution in [3.8, 4) is 11.3 Å². The van der Waals surface area contributed by atoms with E-state index >= 15 is 0 Å². The predicted octanol–water partition coefficient (Wildman–Crippen LogP) is 5.06. The van der Waals surface area contributed by atoms with Crippen LogP contribution in [0.25, 0.3) is 16.8 Å². The molecule has 0 spiro atoms. The smallest absolute Gasteiger partial charge is 0.241 e. The largest absolute Gasteiger partial charge is 0.390 e. The Hall–Kier alpha value is -2.94. The number of nitrogens with one attached hydrogen (secondary N) is 1. The van der Waals surface area contributed by atoms with E-state index in [0.717, 1.165) is 40.3 Å². The molecule has 1 aliphatic carbocycles. The van der Waals surface area contributed by atoms with Gasteiger partial charge in [-0.15, -0.1) is 5.10 Å². The lowest BCUT2D eigenvalue weighted by molar-refractivity contribution is -0.0442. The van der Waals surface area contributed by atoms with Gasteiger partial charge in [-0.05, 0) is 50.3 Å². The molecule has 2 atom stereocenters. The van der Waals surface area contributed by atoms with Crippen LogP contribution >= 0.6 is 0 Å². The van der Waals surface area contributed by atoms with Crippen molar-refractivity contribution in [1.29, 1.82) is 0 Å². The van der Waals surface area contributed by atoms with E-state index < -0.39 is 12.0 Å². The Balaban J connectivity index is 1.37. The van der Waals surface area contributed by atoms with E-state index in [0.29, 0.717) is 25.2 Å². The molecule has 0 amide bonds. The van der Waals surface area contributed by atoms with Gasteiger partial charge in [-0.1, -0.05) is 13.8 Å². The summed E-state index contributed by atoms with van der Waals surface area (Å²) in [6.07, 6.45) is 3.93. The van der Waals surface area contributed by atoms with Crippen LogP contribution < -0.4 is 5.32 Å². The van der Waals surface area contributed by atoms with Crippen LogP contribution in [-0.2, 0) is 6.42 Å². The third-order valence-electron chi connectivity index (χ3n) is 7.37. The van der Waals surface area contributed by atoms with E-state index in [1.807, 2.05) is 45.2 Å². The van der Waals surface area contributed by atoms with E-state index in [2.05, 4.69) is 20.4 Å². The first-order valence-corrected chi connectivity index (χ1v) is 11.9. The minimum absolute atomic E-state index is 0.0381. The maximum absolute atomic E-state index is 12.9. The monoisotopic (exact) mass is 468 g/mol. The molecular formula is C25H30F2N6O. The van der Waals surface area contributed by atoms with E-state index in [1.165, 1.54) is 0 Å². The fourth-order valence-electron chi connectivity index (χ4n) is 5.20. The van der Waals surface area contributed by atoms with Crippen LogP contribution in [0.15, 0.2) is 35.6 Å². The lowest BCUT2D eigenvalue weighted by atomic mass is 9.74. The highest BCUT2D eigenvalue weighted by atomic mass is 19.3. The van der Waals surface area contributed by atoms with Crippen LogP contribution in [0.5, 0.6) is 0 Å². The van der Waals surface area contributed by atoms with Crippen molar-refractivity contribution in [3.63, 3.8) is 0 Å². The van der Waals surface area contributed by atoms with Crippen LogP contribution in [0.1, 0.15) is 52.1 Å². The summed E-state index contributed by atoms with van der Waals surface area (Å²) in [5.74, 6) is 0.321. The minimum Gasteiger partial charge on any atom is -0.390 e. The molecule has 3 aromatic heterocycles. The Morgan fingerprint density at radius 3 is 2.79 bits per heavy atom. The van der Waals surface area contributed by atoms with Gasteiger partial charge >= 0.3 is 0 Å². The minimum atomic E-state index is -2.32. The standard InChI is InChI=1S/C25H30F2N6O/c1-4-25(34)11-16(12-25)30-24-28-13-22-17(7-8-33(22)32-24)19-5-6-20-21(31-19)10-18(15(3)29-20)14(2)9-23(26)27/h5-8,13-14,16,18,23,34H,4,9-12H2,1-3H3,(H,30,32)/t14-,16?,18-,25?/m1/s1. The Labute approximate surface area is 197 Å². The highest BCUT2D eigenvalue weighted by Crippen LogP contribution is 2.37. The molecule has 3 aromatic rings. The Kier molecular flexibility index (Phi) is 5.83. The molecule has 0 bridgehead atoms. The lowest BCUT2D eigenvalue weighted by Gasteiger charge is -2.43. The quantitative estimate of drug-likeness (QED) is 0.506. The molecule has 2 aliphatic rings. The molecule has 1 saturated carbocycles. The van der Waals surface area contributed by atoms with Crippen molar-refractivity contribution in [2.75, 3.05) is 5.32 Å². The van der Waals surface area contributed by atoms with Crippen molar-refractivity contribution in [3.05, 3.63) is 36.3 Å². The van der Waals surface area contributed by atoms with E-state index in [1.54, 1.807) is 10.7 Å². The summed E-state index contributed by atoms with van der Waals surface area (Å²) < 4.78 is 27.7. The van der Waals surface area contributed by atoms with Crippen molar-refractivity contribution in [1.82, 2.24) is 19.6 Å². The molecule has 1 fully saturated rings. The topological polar surface area (TPSA) is 87.7 Å². The summed E-state index contributed by atoms with van der Waals surface area (Å²) in [5.41, 5.74) is 4.48. The fourth-order valence-corrected chi connectivity index (χ4v) is 5.20. The molecule has 9 heteroatoms. The van der Waals surface area contributed by atoms with Gasteiger partial charge in [0.2, 0.25) is 12.4 Å². The van der Waals surface area contributed by atoms with Gasteiger partial charge in [-0.25, -0.2) is 18.3 Å². The Morgan fingerprint density at radius 2 is 2.06 bits per heavy atom. The number of anilines is 1. The van der Waals surface area contributed by atoms with Crippen molar-refractivity contribution < 1.29 is 13.9 Å². The van der Waals surface area contributed by atoms with Gasteiger partial charge in [-0.3, -0.25) is 9.98 Å². The number of fused-ring (bicyclic) bond motifs is 2. The average molecular weight is 469 g/mol. The number of rotatable bonds is 7. The van der Waals surface area contributed by atoms with Gasteiger partial charge in [0, 0.05) is 42.3 Å². The van der Waals surface area contributed by atoms with Gasteiger partial charge in [0.25, 0.3) is 0 Å². The number of aromatic nitrogens is 4. The van der Waals surface area contributed by atoms with Gasteiger partial charge in [0.1, 0.15) is 0 Å². The number of pyridine rings is 1. The van der Waals surface area contributed by atoms with Gasteiger partial charge in [0.15, 0.2) is 0 Å². The zero-order chi connectivity index (χ0) is 24.0. The number of hydrogen-bond acceptors (Lipinski definition) is 6. The molecule has 1 aliphatic heterocycles. The predicted molar refractivity (Wildman–Crippen MR) is 128 cm³/mol.